The van der Waals surface area contributed by atoms with Crippen LogP contribution in [0.25, 0.3) is 0 Å². The molecule has 0 amide bonds. The van der Waals surface area contributed by atoms with Gasteiger partial charge in [-0.15, -0.1) is 0 Å². The van der Waals surface area contributed by atoms with E-state index in [-0.39, 0.29) is 128 Å². The normalized spacial score (nSPS) is 17.9. The topological polar surface area (TPSA) is 336 Å². The number of benzene rings is 2. The van der Waals surface area contributed by atoms with E-state index in [0.717, 1.165) is 11.1 Å². The summed E-state index contributed by atoms with van der Waals surface area (Å²) >= 11 is 0. The van der Waals surface area contributed by atoms with Crippen LogP contribution in [0.15, 0.2) is 48.5 Å². The fraction of sp³-hybridized carbons (Fsp3) is 0.730. The van der Waals surface area contributed by atoms with Crippen molar-refractivity contribution in [1.29, 1.82) is 0 Å². The summed E-state index contributed by atoms with van der Waals surface area (Å²) < 4.78 is 56.3. The number of carbonyl (C=O) groups excluding carboxylic acids is 4. The number of carboxylic acid groups (broad SMARTS) is 4. The zero-order valence-corrected chi connectivity index (χ0v) is 64.5. The Morgan fingerprint density at radius 1 is 0.327 bits per heavy atom. The zero-order chi connectivity index (χ0) is 77.5. The lowest BCUT2D eigenvalue weighted by molar-refractivity contribution is -0.160. The van der Waals surface area contributed by atoms with E-state index in [1.807, 2.05) is 148 Å². The van der Waals surface area contributed by atoms with Crippen molar-refractivity contribution in [3.63, 3.8) is 0 Å². The summed E-state index contributed by atoms with van der Waals surface area (Å²) in [6.07, 6.45) is 0.907. The number of esters is 4. The van der Waals surface area contributed by atoms with Crippen molar-refractivity contribution in [2.75, 3.05) is 210 Å². The molecule has 2 aliphatic heterocycles. The highest BCUT2D eigenvalue weighted by molar-refractivity contribution is 5.74. The Hall–Kier alpha value is -6.68. The number of rotatable bonds is 36. The first kappa shape index (κ1) is 91.5. The molecule has 104 heavy (non-hydrogen) atoms. The number of hydrogen-bond acceptors (Lipinski definition) is 26. The van der Waals surface area contributed by atoms with Crippen LogP contribution in [0.1, 0.15) is 108 Å². The van der Waals surface area contributed by atoms with Gasteiger partial charge in [-0.3, -0.25) is 77.6 Å². The minimum atomic E-state index is -1.06. The van der Waals surface area contributed by atoms with Crippen molar-refractivity contribution in [2.45, 2.75) is 144 Å². The van der Waals surface area contributed by atoms with E-state index in [1.165, 1.54) is 0 Å². The van der Waals surface area contributed by atoms with Gasteiger partial charge in [-0.25, -0.2) is 0 Å². The molecule has 2 atom stereocenters. The van der Waals surface area contributed by atoms with Crippen molar-refractivity contribution in [1.82, 2.24) is 39.2 Å². The predicted octanol–water partition coefficient (Wildman–Crippen LogP) is 4.21. The number of carboxylic acids is 4. The molecule has 30 heteroatoms. The van der Waals surface area contributed by atoms with Gasteiger partial charge in [-0.2, -0.15) is 0 Å². The molecule has 30 nitrogen and oxygen atoms in total. The number of hydrogen-bond donors (Lipinski definition) is 4. The van der Waals surface area contributed by atoms with E-state index in [4.69, 9.17) is 47.4 Å². The van der Waals surface area contributed by atoms with Crippen LogP contribution < -0.4 is 9.47 Å². The molecule has 2 saturated heterocycles. The van der Waals surface area contributed by atoms with Gasteiger partial charge in [0.05, 0.1) is 92.0 Å². The number of nitrogens with zero attached hydrogens (tertiary/aromatic N) is 8. The lowest BCUT2D eigenvalue weighted by Gasteiger charge is -2.39. The Kier molecular flexibility index (Phi) is 42.1. The Morgan fingerprint density at radius 2 is 0.577 bits per heavy atom. The molecular formula is C74H124N8O22. The van der Waals surface area contributed by atoms with Crippen LogP contribution in [-0.4, -0.2) is 352 Å². The van der Waals surface area contributed by atoms with E-state index in [9.17, 15) is 58.8 Å². The van der Waals surface area contributed by atoms with E-state index in [2.05, 4.69) is 4.90 Å². The molecule has 0 bridgehead atoms. The molecule has 0 aliphatic carbocycles. The van der Waals surface area contributed by atoms with Gasteiger partial charge in [-0.05, 0) is 145 Å². The third-order valence-corrected chi connectivity index (χ3v) is 15.7. The van der Waals surface area contributed by atoms with Crippen LogP contribution in [-0.2, 0) is 89.1 Å². The molecule has 2 aromatic carbocycles. The summed E-state index contributed by atoms with van der Waals surface area (Å²) in [5.41, 5.74) is -0.852. The van der Waals surface area contributed by atoms with Crippen molar-refractivity contribution in [3.05, 3.63) is 59.7 Å². The molecule has 0 spiro atoms. The van der Waals surface area contributed by atoms with E-state index in [0.29, 0.717) is 136 Å². The van der Waals surface area contributed by atoms with Crippen molar-refractivity contribution in [2.24, 2.45) is 0 Å². The second-order valence-electron chi connectivity index (χ2n) is 29.8. The molecule has 0 saturated carbocycles. The largest absolute Gasteiger partial charge is 0.491 e. The van der Waals surface area contributed by atoms with E-state index >= 15 is 0 Å². The molecule has 0 aromatic heterocycles. The van der Waals surface area contributed by atoms with Gasteiger partial charge in [0.2, 0.25) is 0 Å². The molecule has 2 fully saturated rings. The van der Waals surface area contributed by atoms with Crippen LogP contribution >= 0.6 is 0 Å². The fourth-order valence-electron chi connectivity index (χ4n) is 11.3. The number of ether oxygens (including phenoxy) is 10. The maximum absolute atomic E-state index is 13.6. The summed E-state index contributed by atoms with van der Waals surface area (Å²) in [5.74, 6) is -4.36. The predicted molar refractivity (Wildman–Crippen MR) is 389 cm³/mol. The van der Waals surface area contributed by atoms with Gasteiger partial charge in [0.1, 0.15) is 47.1 Å². The summed E-state index contributed by atoms with van der Waals surface area (Å²) in [7, 11) is 0. The molecule has 2 aliphatic rings. The van der Waals surface area contributed by atoms with Gasteiger partial charge in [0, 0.05) is 117 Å². The second-order valence-corrected chi connectivity index (χ2v) is 29.8. The minimum Gasteiger partial charge on any atom is -0.491 e. The zero-order valence-electron chi connectivity index (χ0n) is 64.5. The summed E-state index contributed by atoms with van der Waals surface area (Å²) in [6, 6.07) is 14.4. The van der Waals surface area contributed by atoms with Gasteiger partial charge in [-0.1, -0.05) is 24.3 Å². The molecule has 0 radical (unpaired) electrons. The third kappa shape index (κ3) is 45.0. The first-order valence-corrected chi connectivity index (χ1v) is 36.2. The number of carbonyl (C=O) groups is 8. The van der Waals surface area contributed by atoms with Crippen molar-refractivity contribution in [3.8, 4) is 11.5 Å². The third-order valence-electron chi connectivity index (χ3n) is 15.7. The summed E-state index contributed by atoms with van der Waals surface area (Å²) in [5, 5.41) is 38.1. The average Bonchev–Trinajstić information content (AvgIpc) is 0.872. The van der Waals surface area contributed by atoms with Gasteiger partial charge in [0.25, 0.3) is 0 Å². The van der Waals surface area contributed by atoms with Crippen LogP contribution in [0.3, 0.4) is 0 Å². The van der Waals surface area contributed by atoms with E-state index in [1.54, 1.807) is 31.7 Å². The molecule has 592 valence electrons. The van der Waals surface area contributed by atoms with Crippen LogP contribution in [0.4, 0.5) is 0 Å². The van der Waals surface area contributed by atoms with Crippen LogP contribution in [0, 0.1) is 0 Å². The molecule has 2 heterocycles. The maximum Gasteiger partial charge on any atom is 0.320 e. The standard InChI is InChI=1S/C45H78N4O11.C29H46N4O11/c1-14-54-25-26-55-27-28-56-37-17-15-35(16-18-37)29-36-30-48(33-40(52)59-44(8,9)10)22-21-46(31-38(50)57-42(2,3)4)19-20-47(32-39(51)58-43(5,6)7)23-24-49(36)34-41(53)60-45(11,12)13;1-2-42-13-14-43-15-16-44-25-5-3-23(4-6-25)17-24-18-32(21-28(38)39)10-9-30(19-26(34)35)7-8-31(20-27(36)37)11-12-33(24)22-29(40)41/h15-18,36H,14,19-34H2,1-13H3;3-6,24H,2,7-22H2,1H3,(H,34,35)(H,36,37)(H,38,39)(H,40,41)/t36-;24-/m00/s1. The monoisotopic (exact) mass is 1480 g/mol. The molecule has 2 aromatic rings. The van der Waals surface area contributed by atoms with Gasteiger partial charge >= 0.3 is 47.8 Å². The van der Waals surface area contributed by atoms with Crippen molar-refractivity contribution < 1.29 is 106 Å². The first-order valence-electron chi connectivity index (χ1n) is 36.2. The lowest BCUT2D eigenvalue weighted by atomic mass is 10.0. The Morgan fingerprint density at radius 3 is 0.894 bits per heavy atom. The highest BCUT2D eigenvalue weighted by Crippen LogP contribution is 2.22. The first-order chi connectivity index (χ1) is 48.8. The van der Waals surface area contributed by atoms with Crippen molar-refractivity contribution >= 4 is 47.8 Å². The molecule has 4 N–H and O–H groups in total. The second kappa shape index (κ2) is 47.8. The quantitative estimate of drug-likeness (QED) is 0.0422. The minimum absolute atomic E-state index is 0.00148. The average molecular weight is 1480 g/mol. The Balaban J connectivity index is 0.000000566. The smallest absolute Gasteiger partial charge is 0.320 e. The van der Waals surface area contributed by atoms with Gasteiger partial charge < -0.3 is 67.8 Å². The molecule has 4 rings (SSSR count). The maximum atomic E-state index is 13.6. The molecular weight excluding hydrogens is 1350 g/mol. The Bertz CT molecular complexity index is 2850. The molecule has 0 unspecified atom stereocenters. The van der Waals surface area contributed by atoms with E-state index < -0.39 is 52.3 Å². The number of aliphatic carboxylic acids is 4. The van der Waals surface area contributed by atoms with Crippen LogP contribution in [0.5, 0.6) is 11.5 Å². The highest BCUT2D eigenvalue weighted by Gasteiger charge is 2.33. The highest BCUT2D eigenvalue weighted by atomic mass is 16.6. The summed E-state index contributed by atoms with van der Waals surface area (Å²) in [6.45, 7) is 34.1. The SMILES string of the molecule is CCOCCOCCOc1ccc(C[C@H]2CN(CC(=O)O)CCN(CC(=O)O)CCN(CC(=O)O)CCN2CC(=O)O)cc1.CCOCCOCCOc1ccc(C[C@H]2CN(CC(=O)OC(C)(C)C)CCN(CC(=O)OC(C)(C)C)CCN(CC(=O)OC(C)(C)C)CCN2CC(=O)OC(C)(C)C)cc1. The fourth-order valence-corrected chi connectivity index (χ4v) is 11.3. The van der Waals surface area contributed by atoms with Crippen LogP contribution in [0.2, 0.25) is 0 Å². The summed E-state index contributed by atoms with van der Waals surface area (Å²) in [4.78, 5) is 115. The van der Waals surface area contributed by atoms with Gasteiger partial charge in [0.15, 0.2) is 0 Å². The Labute approximate surface area is 616 Å². The lowest BCUT2D eigenvalue weighted by Crippen LogP contribution is -2.54.